The SMILES string of the molecule is Cc1cc(C(=O)Nc2cc3ccccc3s2)ccc1[N+](=O)[O-]. The zero-order chi connectivity index (χ0) is 15.7. The number of nitrogens with one attached hydrogen (secondary N) is 1. The molecule has 2 aromatic carbocycles. The molecular weight excluding hydrogens is 300 g/mol. The second-order valence-corrected chi connectivity index (χ2v) is 5.94. The van der Waals surface area contributed by atoms with E-state index in [0.29, 0.717) is 11.1 Å². The Morgan fingerprint density at radius 1 is 1.18 bits per heavy atom. The molecule has 0 aliphatic carbocycles. The van der Waals surface area contributed by atoms with Crippen molar-refractivity contribution in [2.24, 2.45) is 0 Å². The van der Waals surface area contributed by atoms with Crippen molar-refractivity contribution >= 4 is 38.0 Å². The molecule has 0 spiro atoms. The molecule has 1 N–H and O–H groups in total. The number of thiophene rings is 1. The quantitative estimate of drug-likeness (QED) is 0.576. The third-order valence-corrected chi connectivity index (χ3v) is 4.35. The number of hydrogen-bond donors (Lipinski definition) is 1. The fourth-order valence-electron chi connectivity index (χ4n) is 2.23. The van der Waals surface area contributed by atoms with Crippen LogP contribution in [-0.4, -0.2) is 10.8 Å². The van der Waals surface area contributed by atoms with Crippen LogP contribution in [0.2, 0.25) is 0 Å². The number of benzene rings is 2. The predicted molar refractivity (Wildman–Crippen MR) is 87.6 cm³/mol. The fourth-order valence-corrected chi connectivity index (χ4v) is 3.19. The van der Waals surface area contributed by atoms with Gasteiger partial charge >= 0.3 is 0 Å². The Balaban J connectivity index is 1.85. The molecule has 3 rings (SSSR count). The van der Waals surface area contributed by atoms with Crippen LogP contribution in [0.25, 0.3) is 10.1 Å². The number of nitro groups is 1. The Labute approximate surface area is 130 Å². The number of rotatable bonds is 3. The van der Waals surface area contributed by atoms with E-state index in [-0.39, 0.29) is 11.6 Å². The van der Waals surface area contributed by atoms with Gasteiger partial charge in [0.1, 0.15) is 0 Å². The number of amides is 1. The first-order valence-corrected chi connectivity index (χ1v) is 7.41. The van der Waals surface area contributed by atoms with Crippen molar-refractivity contribution in [2.45, 2.75) is 6.92 Å². The summed E-state index contributed by atoms with van der Waals surface area (Å²) in [6.07, 6.45) is 0. The Bertz CT molecular complexity index is 853. The minimum absolute atomic E-state index is 0.0124. The summed E-state index contributed by atoms with van der Waals surface area (Å²) in [4.78, 5) is 22.6. The fraction of sp³-hybridized carbons (Fsp3) is 0.0625. The molecule has 0 atom stereocenters. The van der Waals surface area contributed by atoms with Gasteiger partial charge in [0.2, 0.25) is 0 Å². The maximum atomic E-state index is 12.2. The summed E-state index contributed by atoms with van der Waals surface area (Å²) < 4.78 is 1.10. The lowest BCUT2D eigenvalue weighted by atomic mass is 10.1. The van der Waals surface area contributed by atoms with Gasteiger partial charge < -0.3 is 5.32 Å². The predicted octanol–water partition coefficient (Wildman–Crippen LogP) is 4.37. The molecule has 0 aliphatic heterocycles. The summed E-state index contributed by atoms with van der Waals surface area (Å²) in [6, 6.07) is 14.1. The van der Waals surface area contributed by atoms with Crippen LogP contribution < -0.4 is 5.32 Å². The van der Waals surface area contributed by atoms with Gasteiger partial charge in [0.25, 0.3) is 11.6 Å². The highest BCUT2D eigenvalue weighted by atomic mass is 32.1. The van der Waals surface area contributed by atoms with Crippen molar-refractivity contribution in [1.29, 1.82) is 0 Å². The monoisotopic (exact) mass is 312 g/mol. The molecule has 1 amide bonds. The normalized spacial score (nSPS) is 10.6. The molecule has 0 radical (unpaired) electrons. The van der Waals surface area contributed by atoms with E-state index in [1.807, 2.05) is 30.3 Å². The van der Waals surface area contributed by atoms with E-state index >= 15 is 0 Å². The van der Waals surface area contributed by atoms with E-state index in [9.17, 15) is 14.9 Å². The van der Waals surface area contributed by atoms with Crippen LogP contribution in [0, 0.1) is 17.0 Å². The molecule has 0 bridgehead atoms. The lowest BCUT2D eigenvalue weighted by Gasteiger charge is -2.04. The number of aryl methyl sites for hydroxylation is 1. The summed E-state index contributed by atoms with van der Waals surface area (Å²) in [6.45, 7) is 1.62. The van der Waals surface area contributed by atoms with Crippen molar-refractivity contribution < 1.29 is 9.72 Å². The van der Waals surface area contributed by atoms with Gasteiger partial charge in [0, 0.05) is 21.9 Å². The van der Waals surface area contributed by atoms with Crippen LogP contribution >= 0.6 is 11.3 Å². The Hall–Kier alpha value is -2.73. The number of fused-ring (bicyclic) bond motifs is 1. The molecule has 0 aliphatic rings. The summed E-state index contributed by atoms with van der Waals surface area (Å²) in [7, 11) is 0. The van der Waals surface area contributed by atoms with Crippen molar-refractivity contribution in [3.8, 4) is 0 Å². The standard InChI is InChI=1S/C16H12N2O3S/c1-10-8-12(6-7-13(10)18(20)21)16(19)17-15-9-11-4-2-3-5-14(11)22-15/h2-9H,1H3,(H,17,19). The molecular formula is C16H12N2O3S. The summed E-state index contributed by atoms with van der Waals surface area (Å²) in [5.41, 5.74) is 0.882. The average molecular weight is 312 g/mol. The van der Waals surface area contributed by atoms with Crippen LogP contribution in [0.3, 0.4) is 0 Å². The largest absolute Gasteiger partial charge is 0.314 e. The molecule has 6 heteroatoms. The highest BCUT2D eigenvalue weighted by Gasteiger charge is 2.14. The Morgan fingerprint density at radius 3 is 2.64 bits per heavy atom. The molecule has 0 saturated carbocycles. The van der Waals surface area contributed by atoms with E-state index in [2.05, 4.69) is 5.32 Å². The molecule has 0 fully saturated rings. The second-order valence-electron chi connectivity index (χ2n) is 4.86. The first-order valence-electron chi connectivity index (χ1n) is 6.59. The number of hydrogen-bond acceptors (Lipinski definition) is 4. The molecule has 1 aromatic heterocycles. The zero-order valence-corrected chi connectivity index (χ0v) is 12.5. The van der Waals surface area contributed by atoms with Gasteiger partial charge in [-0.25, -0.2) is 0 Å². The Morgan fingerprint density at radius 2 is 1.95 bits per heavy atom. The topological polar surface area (TPSA) is 72.2 Å². The molecule has 1 heterocycles. The molecule has 5 nitrogen and oxygen atoms in total. The van der Waals surface area contributed by atoms with Crippen LogP contribution in [-0.2, 0) is 0 Å². The average Bonchev–Trinajstić information content (AvgIpc) is 2.88. The molecule has 110 valence electrons. The van der Waals surface area contributed by atoms with Gasteiger partial charge in [-0.1, -0.05) is 18.2 Å². The van der Waals surface area contributed by atoms with E-state index in [1.165, 1.54) is 29.5 Å². The summed E-state index contributed by atoms with van der Waals surface area (Å²) in [5, 5.41) is 15.5. The Kier molecular flexibility index (Phi) is 3.60. The van der Waals surface area contributed by atoms with E-state index in [1.54, 1.807) is 6.92 Å². The van der Waals surface area contributed by atoms with Gasteiger partial charge in [-0.15, -0.1) is 11.3 Å². The van der Waals surface area contributed by atoms with Crippen molar-refractivity contribution in [3.05, 3.63) is 69.8 Å². The third-order valence-electron chi connectivity index (χ3n) is 3.32. The first kappa shape index (κ1) is 14.2. The number of carbonyl (C=O) groups excluding carboxylic acids is 1. The van der Waals surface area contributed by atoms with Gasteiger partial charge in [0.05, 0.1) is 9.92 Å². The minimum Gasteiger partial charge on any atom is -0.314 e. The second kappa shape index (κ2) is 5.57. The highest BCUT2D eigenvalue weighted by molar-refractivity contribution is 7.23. The molecule has 0 unspecified atom stereocenters. The van der Waals surface area contributed by atoms with E-state index in [0.717, 1.165) is 15.1 Å². The summed E-state index contributed by atoms with van der Waals surface area (Å²) in [5.74, 6) is -0.274. The number of anilines is 1. The van der Waals surface area contributed by atoms with Crippen LogP contribution in [0.1, 0.15) is 15.9 Å². The highest BCUT2D eigenvalue weighted by Crippen LogP contribution is 2.30. The van der Waals surface area contributed by atoms with Crippen LogP contribution in [0.5, 0.6) is 0 Å². The van der Waals surface area contributed by atoms with Crippen molar-refractivity contribution in [3.63, 3.8) is 0 Å². The lowest BCUT2D eigenvalue weighted by Crippen LogP contribution is -2.11. The number of nitro benzene ring substituents is 1. The number of carbonyl (C=O) groups is 1. The minimum atomic E-state index is -0.455. The maximum absolute atomic E-state index is 12.2. The van der Waals surface area contributed by atoms with Crippen molar-refractivity contribution in [2.75, 3.05) is 5.32 Å². The summed E-state index contributed by atoms with van der Waals surface area (Å²) >= 11 is 1.49. The molecule has 0 saturated heterocycles. The van der Waals surface area contributed by atoms with E-state index in [4.69, 9.17) is 0 Å². The van der Waals surface area contributed by atoms with Gasteiger partial charge in [-0.2, -0.15) is 0 Å². The molecule has 22 heavy (non-hydrogen) atoms. The van der Waals surface area contributed by atoms with Gasteiger partial charge in [-0.05, 0) is 36.6 Å². The zero-order valence-electron chi connectivity index (χ0n) is 11.7. The maximum Gasteiger partial charge on any atom is 0.272 e. The van der Waals surface area contributed by atoms with E-state index < -0.39 is 4.92 Å². The van der Waals surface area contributed by atoms with Crippen LogP contribution in [0.4, 0.5) is 10.7 Å². The van der Waals surface area contributed by atoms with Crippen LogP contribution in [0.15, 0.2) is 48.5 Å². The molecule has 3 aromatic rings. The van der Waals surface area contributed by atoms with Gasteiger partial charge in [0.15, 0.2) is 0 Å². The number of nitrogens with zero attached hydrogens (tertiary/aromatic N) is 1. The van der Waals surface area contributed by atoms with Gasteiger partial charge in [-0.3, -0.25) is 14.9 Å². The lowest BCUT2D eigenvalue weighted by molar-refractivity contribution is -0.385. The first-order chi connectivity index (χ1) is 10.5. The smallest absolute Gasteiger partial charge is 0.272 e. The van der Waals surface area contributed by atoms with Crippen molar-refractivity contribution in [1.82, 2.24) is 0 Å². The third kappa shape index (κ3) is 2.68.